The maximum absolute atomic E-state index is 12.5. The van der Waals surface area contributed by atoms with Crippen molar-refractivity contribution in [1.82, 2.24) is 0 Å². The minimum absolute atomic E-state index is 0.0700. The van der Waals surface area contributed by atoms with Crippen LogP contribution in [0.3, 0.4) is 0 Å². The Morgan fingerprint density at radius 3 is 2.39 bits per heavy atom. The molecule has 0 spiro atoms. The van der Waals surface area contributed by atoms with Crippen molar-refractivity contribution in [3.8, 4) is 5.75 Å². The van der Waals surface area contributed by atoms with Crippen molar-refractivity contribution in [3.05, 3.63) is 54.6 Å². The van der Waals surface area contributed by atoms with Crippen LogP contribution in [-0.2, 0) is 23.9 Å². The Kier molecular flexibility index (Phi) is 15.0. The SMILES string of the molecule is C=CC(=O)OCC(COc1ccccc1C)OC(=O)C1CC=CCC1C.CC.O=CO. The first-order chi connectivity index (χ1) is 14.9. The van der Waals surface area contributed by atoms with E-state index in [-0.39, 0.29) is 37.5 Å². The Hall–Kier alpha value is -3.09. The van der Waals surface area contributed by atoms with Crippen molar-refractivity contribution < 1.29 is 33.7 Å². The molecule has 0 saturated heterocycles. The fourth-order valence-corrected chi connectivity index (χ4v) is 2.78. The highest BCUT2D eigenvalue weighted by Crippen LogP contribution is 2.26. The molecule has 7 heteroatoms. The zero-order chi connectivity index (χ0) is 23.6. The molecule has 0 radical (unpaired) electrons. The molecule has 2 rings (SSSR count). The van der Waals surface area contributed by atoms with Gasteiger partial charge < -0.3 is 19.3 Å². The van der Waals surface area contributed by atoms with Crippen LogP contribution in [0.15, 0.2) is 49.1 Å². The second-order valence-electron chi connectivity index (χ2n) is 6.60. The maximum atomic E-state index is 12.5. The minimum Gasteiger partial charge on any atom is -0.489 e. The Bertz CT molecular complexity index is 712. The van der Waals surface area contributed by atoms with E-state index in [0.717, 1.165) is 18.1 Å². The molecular weight excluding hydrogens is 400 g/mol. The Morgan fingerprint density at radius 1 is 1.19 bits per heavy atom. The largest absolute Gasteiger partial charge is 0.489 e. The molecule has 0 bridgehead atoms. The van der Waals surface area contributed by atoms with Gasteiger partial charge in [-0.15, -0.1) is 0 Å². The van der Waals surface area contributed by atoms with Gasteiger partial charge >= 0.3 is 11.9 Å². The van der Waals surface area contributed by atoms with E-state index < -0.39 is 12.1 Å². The molecule has 31 heavy (non-hydrogen) atoms. The highest BCUT2D eigenvalue weighted by molar-refractivity contribution is 5.81. The Balaban J connectivity index is 0.00000165. The topological polar surface area (TPSA) is 99.1 Å². The lowest BCUT2D eigenvalue weighted by Crippen LogP contribution is -2.35. The monoisotopic (exact) mass is 434 g/mol. The summed E-state index contributed by atoms with van der Waals surface area (Å²) in [6.45, 7) is 11.1. The summed E-state index contributed by atoms with van der Waals surface area (Å²) in [4.78, 5) is 32.3. The number of para-hydroxylation sites is 1. The van der Waals surface area contributed by atoms with E-state index in [1.54, 1.807) is 0 Å². The number of carboxylic acid groups (broad SMARTS) is 1. The minimum atomic E-state index is -0.677. The zero-order valence-corrected chi connectivity index (χ0v) is 18.8. The van der Waals surface area contributed by atoms with E-state index in [1.165, 1.54) is 0 Å². The van der Waals surface area contributed by atoms with Crippen LogP contribution in [0.25, 0.3) is 0 Å². The quantitative estimate of drug-likeness (QED) is 0.281. The smallest absolute Gasteiger partial charge is 0.330 e. The summed E-state index contributed by atoms with van der Waals surface area (Å²) in [6.07, 6.45) is 6.01. The molecule has 0 aromatic heterocycles. The molecule has 1 aliphatic carbocycles. The van der Waals surface area contributed by atoms with Crippen LogP contribution in [0, 0.1) is 18.8 Å². The van der Waals surface area contributed by atoms with Gasteiger partial charge in [0.2, 0.25) is 0 Å². The zero-order valence-electron chi connectivity index (χ0n) is 18.8. The molecule has 1 aliphatic rings. The van der Waals surface area contributed by atoms with E-state index in [4.69, 9.17) is 24.1 Å². The van der Waals surface area contributed by atoms with Gasteiger partial charge in [0.1, 0.15) is 19.0 Å². The molecule has 0 saturated carbocycles. The molecule has 1 aromatic rings. The lowest BCUT2D eigenvalue weighted by atomic mass is 9.84. The number of aryl methyl sites for hydroxylation is 1. The number of esters is 2. The highest BCUT2D eigenvalue weighted by atomic mass is 16.6. The van der Waals surface area contributed by atoms with Gasteiger partial charge in [-0.25, -0.2) is 4.79 Å². The first-order valence-corrected chi connectivity index (χ1v) is 10.3. The number of benzene rings is 1. The van der Waals surface area contributed by atoms with Gasteiger partial charge in [-0.05, 0) is 37.3 Å². The standard InChI is InChI=1S/C21H26O5.C2H6.CH2O2/c1-4-20(22)25-14-17(13-24-19-12-8-6-10-16(19)3)26-21(23)18-11-7-5-9-15(18)2;1-2;2-1-3/h4-8,10,12,15,17-18H,1,9,11,13-14H2,2-3H3;1-2H3;1H,(H,2,3). The number of rotatable bonds is 8. The summed E-state index contributed by atoms with van der Waals surface area (Å²) in [6, 6.07) is 7.57. The average molecular weight is 435 g/mol. The Morgan fingerprint density at radius 2 is 1.81 bits per heavy atom. The summed E-state index contributed by atoms with van der Waals surface area (Å²) in [7, 11) is 0. The van der Waals surface area contributed by atoms with Crippen LogP contribution in [0.1, 0.15) is 39.2 Å². The van der Waals surface area contributed by atoms with E-state index in [0.29, 0.717) is 12.2 Å². The Labute approximate surface area is 184 Å². The molecule has 0 heterocycles. The molecule has 0 fully saturated rings. The summed E-state index contributed by atoms with van der Waals surface area (Å²) < 4.78 is 16.4. The molecule has 7 nitrogen and oxygen atoms in total. The van der Waals surface area contributed by atoms with Gasteiger partial charge in [-0.3, -0.25) is 9.59 Å². The lowest BCUT2D eigenvalue weighted by molar-refractivity contribution is -0.164. The number of carbonyl (C=O) groups excluding carboxylic acids is 2. The van der Waals surface area contributed by atoms with Crippen molar-refractivity contribution in [2.75, 3.05) is 13.2 Å². The van der Waals surface area contributed by atoms with E-state index >= 15 is 0 Å². The third-order valence-corrected chi connectivity index (χ3v) is 4.43. The predicted octanol–water partition coefficient (Wildman–Crippen LogP) is 4.34. The van der Waals surface area contributed by atoms with Crippen LogP contribution in [0.4, 0.5) is 0 Å². The molecule has 172 valence electrons. The normalized spacial score (nSPS) is 17.4. The van der Waals surface area contributed by atoms with E-state index in [2.05, 4.69) is 12.7 Å². The molecular formula is C24H34O7. The third-order valence-electron chi connectivity index (χ3n) is 4.43. The van der Waals surface area contributed by atoms with Crippen LogP contribution in [0.5, 0.6) is 5.75 Å². The van der Waals surface area contributed by atoms with Crippen molar-refractivity contribution in [2.24, 2.45) is 11.8 Å². The maximum Gasteiger partial charge on any atom is 0.330 e. The number of ether oxygens (including phenoxy) is 3. The number of hydrogen-bond acceptors (Lipinski definition) is 6. The second kappa shape index (κ2) is 16.7. The summed E-state index contributed by atoms with van der Waals surface area (Å²) in [5.74, 6) is -0.0967. The molecule has 1 N–H and O–H groups in total. The van der Waals surface area contributed by atoms with Crippen LogP contribution >= 0.6 is 0 Å². The number of allylic oxidation sites excluding steroid dienone is 2. The molecule has 0 aliphatic heterocycles. The van der Waals surface area contributed by atoms with Gasteiger partial charge in [0.15, 0.2) is 6.10 Å². The molecule has 1 aromatic carbocycles. The van der Waals surface area contributed by atoms with Crippen molar-refractivity contribution >= 4 is 18.4 Å². The number of hydrogen-bond donors (Lipinski definition) is 1. The molecule has 0 amide bonds. The molecule has 3 unspecified atom stereocenters. The third kappa shape index (κ3) is 11.0. The van der Waals surface area contributed by atoms with Crippen LogP contribution in [-0.4, -0.2) is 42.8 Å². The first kappa shape index (κ1) is 27.9. The van der Waals surface area contributed by atoms with Crippen LogP contribution in [0.2, 0.25) is 0 Å². The average Bonchev–Trinajstić information content (AvgIpc) is 2.78. The fraction of sp³-hybridized carbons (Fsp3) is 0.458. The first-order valence-electron chi connectivity index (χ1n) is 10.3. The van der Waals surface area contributed by atoms with Crippen molar-refractivity contribution in [2.45, 2.75) is 46.6 Å². The van der Waals surface area contributed by atoms with Crippen molar-refractivity contribution in [1.29, 1.82) is 0 Å². The van der Waals surface area contributed by atoms with Gasteiger partial charge in [0.05, 0.1) is 5.92 Å². The number of carbonyl (C=O) groups is 3. The van der Waals surface area contributed by atoms with E-state index in [1.807, 2.05) is 58.0 Å². The van der Waals surface area contributed by atoms with Gasteiger partial charge in [-0.1, -0.05) is 57.7 Å². The van der Waals surface area contributed by atoms with Crippen LogP contribution < -0.4 is 4.74 Å². The highest BCUT2D eigenvalue weighted by Gasteiger charge is 2.29. The van der Waals surface area contributed by atoms with Crippen molar-refractivity contribution in [3.63, 3.8) is 0 Å². The van der Waals surface area contributed by atoms with Gasteiger partial charge in [0.25, 0.3) is 6.47 Å². The molecule has 3 atom stereocenters. The summed E-state index contributed by atoms with van der Waals surface area (Å²) >= 11 is 0. The predicted molar refractivity (Wildman–Crippen MR) is 119 cm³/mol. The summed E-state index contributed by atoms with van der Waals surface area (Å²) in [5.41, 5.74) is 0.978. The summed E-state index contributed by atoms with van der Waals surface area (Å²) in [5, 5.41) is 6.89. The second-order valence-corrected chi connectivity index (χ2v) is 6.60. The fourth-order valence-electron chi connectivity index (χ4n) is 2.78. The van der Waals surface area contributed by atoms with Gasteiger partial charge in [0, 0.05) is 6.08 Å². The van der Waals surface area contributed by atoms with E-state index in [9.17, 15) is 9.59 Å². The van der Waals surface area contributed by atoms with Gasteiger partial charge in [-0.2, -0.15) is 0 Å². The lowest BCUT2D eigenvalue weighted by Gasteiger charge is -2.26.